The summed E-state index contributed by atoms with van der Waals surface area (Å²) in [4.78, 5) is 31.9. The van der Waals surface area contributed by atoms with E-state index in [9.17, 15) is 25.0 Å². The number of esters is 1. The Kier molecular flexibility index (Phi) is 4.33. The van der Waals surface area contributed by atoms with E-state index in [0.29, 0.717) is 0 Å². The number of halogens is 1. The summed E-state index contributed by atoms with van der Waals surface area (Å²) in [6.45, 7) is 0. The summed E-state index contributed by atoms with van der Waals surface area (Å²) in [5, 5.41) is 21.7. The molecule has 0 fully saturated rings. The Morgan fingerprint density at radius 3 is 2.05 bits per heavy atom. The molecule has 0 aliphatic rings. The average molecular weight is 323 g/mol. The van der Waals surface area contributed by atoms with Crippen molar-refractivity contribution >= 4 is 28.9 Å². The van der Waals surface area contributed by atoms with Gasteiger partial charge in [-0.1, -0.05) is 23.7 Å². The number of ether oxygens (including phenoxy) is 1. The third-order valence-corrected chi connectivity index (χ3v) is 2.91. The maximum atomic E-state index is 12.0. The number of benzene rings is 2. The van der Waals surface area contributed by atoms with E-state index in [1.807, 2.05) is 0 Å². The van der Waals surface area contributed by atoms with Crippen molar-refractivity contribution in [1.29, 1.82) is 0 Å². The summed E-state index contributed by atoms with van der Waals surface area (Å²) in [5.74, 6) is -0.941. The number of nitrogens with zero attached hydrogens (tertiary/aromatic N) is 2. The number of nitro groups is 2. The van der Waals surface area contributed by atoms with Gasteiger partial charge in [-0.15, -0.1) is 0 Å². The van der Waals surface area contributed by atoms with Crippen LogP contribution in [0.2, 0.25) is 5.02 Å². The van der Waals surface area contributed by atoms with Crippen LogP contribution >= 0.6 is 11.6 Å². The first kappa shape index (κ1) is 15.4. The minimum absolute atomic E-state index is 0.0447. The van der Waals surface area contributed by atoms with Crippen LogP contribution < -0.4 is 4.74 Å². The lowest BCUT2D eigenvalue weighted by Gasteiger charge is -2.05. The van der Waals surface area contributed by atoms with Gasteiger partial charge in [-0.2, -0.15) is 0 Å². The Morgan fingerprint density at radius 1 is 1.00 bits per heavy atom. The topological polar surface area (TPSA) is 113 Å². The van der Waals surface area contributed by atoms with Gasteiger partial charge < -0.3 is 4.74 Å². The molecule has 22 heavy (non-hydrogen) atoms. The number of rotatable bonds is 4. The lowest BCUT2D eigenvalue weighted by molar-refractivity contribution is -0.394. The van der Waals surface area contributed by atoms with Crippen LogP contribution in [0, 0.1) is 20.2 Å². The zero-order chi connectivity index (χ0) is 16.3. The quantitative estimate of drug-likeness (QED) is 0.369. The third-order valence-electron chi connectivity index (χ3n) is 2.60. The number of hydrogen-bond donors (Lipinski definition) is 0. The van der Waals surface area contributed by atoms with E-state index in [1.165, 1.54) is 12.1 Å². The number of non-ortho nitro benzene ring substituents is 2. The highest BCUT2D eigenvalue weighted by Gasteiger charge is 2.21. The molecule has 8 nitrogen and oxygen atoms in total. The van der Waals surface area contributed by atoms with Crippen molar-refractivity contribution in [2.75, 3.05) is 0 Å². The smallest absolute Gasteiger partial charge is 0.344 e. The third kappa shape index (κ3) is 3.36. The van der Waals surface area contributed by atoms with Crippen molar-refractivity contribution in [3.63, 3.8) is 0 Å². The molecule has 0 amide bonds. The first-order chi connectivity index (χ1) is 10.4. The lowest BCUT2D eigenvalue weighted by atomic mass is 10.2. The van der Waals surface area contributed by atoms with E-state index >= 15 is 0 Å². The number of para-hydroxylation sites is 1. The molecular formula is C13H7ClN2O6. The summed E-state index contributed by atoms with van der Waals surface area (Å²) in [6, 6.07) is 8.65. The average Bonchev–Trinajstić information content (AvgIpc) is 2.49. The molecule has 0 spiro atoms. The van der Waals surface area contributed by atoms with Crippen LogP contribution in [-0.2, 0) is 0 Å². The first-order valence-corrected chi connectivity index (χ1v) is 6.17. The summed E-state index contributed by atoms with van der Waals surface area (Å²) in [7, 11) is 0. The molecule has 0 atom stereocenters. The molecular weight excluding hydrogens is 316 g/mol. The molecule has 0 aromatic heterocycles. The highest BCUT2D eigenvalue weighted by atomic mass is 35.5. The fourth-order valence-electron chi connectivity index (χ4n) is 1.61. The van der Waals surface area contributed by atoms with E-state index in [1.54, 1.807) is 12.1 Å². The molecule has 0 heterocycles. The van der Waals surface area contributed by atoms with E-state index in [0.717, 1.165) is 18.2 Å². The van der Waals surface area contributed by atoms with E-state index in [-0.39, 0.29) is 16.3 Å². The number of carbonyl (C=O) groups is 1. The van der Waals surface area contributed by atoms with Gasteiger partial charge >= 0.3 is 5.97 Å². The van der Waals surface area contributed by atoms with Crippen molar-refractivity contribution in [2.45, 2.75) is 0 Å². The highest BCUT2D eigenvalue weighted by Crippen LogP contribution is 2.26. The number of nitro benzene ring substituents is 2. The molecule has 112 valence electrons. The second-order valence-corrected chi connectivity index (χ2v) is 4.48. The molecule has 9 heteroatoms. The van der Waals surface area contributed by atoms with Crippen molar-refractivity contribution in [3.8, 4) is 5.75 Å². The summed E-state index contributed by atoms with van der Waals surface area (Å²) < 4.78 is 4.98. The monoisotopic (exact) mass is 322 g/mol. The summed E-state index contributed by atoms with van der Waals surface area (Å²) in [5.41, 5.74) is -1.48. The van der Waals surface area contributed by atoms with Crippen molar-refractivity contribution in [1.82, 2.24) is 0 Å². The standard InChI is InChI=1S/C13H7ClN2O6/c14-11-3-1-2-4-12(11)22-13(17)8-5-9(15(18)19)7-10(6-8)16(20)21/h1-7H. The highest BCUT2D eigenvalue weighted by molar-refractivity contribution is 6.32. The minimum Gasteiger partial charge on any atom is -0.421 e. The van der Waals surface area contributed by atoms with E-state index in [4.69, 9.17) is 16.3 Å². The molecule has 0 saturated heterocycles. The van der Waals surface area contributed by atoms with Gasteiger partial charge in [0.05, 0.1) is 26.5 Å². The van der Waals surface area contributed by atoms with Crippen LogP contribution in [0.5, 0.6) is 5.75 Å². The van der Waals surface area contributed by atoms with Crippen LogP contribution in [0.4, 0.5) is 11.4 Å². The molecule has 0 N–H and O–H groups in total. The Morgan fingerprint density at radius 2 is 1.55 bits per heavy atom. The summed E-state index contributed by atoms with van der Waals surface area (Å²) in [6.07, 6.45) is 0. The molecule has 2 rings (SSSR count). The number of carbonyl (C=O) groups excluding carboxylic acids is 1. The minimum atomic E-state index is -0.986. The fourth-order valence-corrected chi connectivity index (χ4v) is 1.78. The molecule has 0 bridgehead atoms. The Labute approximate surface area is 128 Å². The SMILES string of the molecule is O=C(Oc1ccccc1Cl)c1cc([N+](=O)[O-])cc([N+](=O)[O-])c1. The van der Waals surface area contributed by atoms with Gasteiger partial charge in [-0.3, -0.25) is 20.2 Å². The van der Waals surface area contributed by atoms with Crippen LogP contribution in [0.3, 0.4) is 0 Å². The predicted molar refractivity (Wildman–Crippen MR) is 76.2 cm³/mol. The second kappa shape index (κ2) is 6.19. The zero-order valence-corrected chi connectivity index (χ0v) is 11.5. The fraction of sp³-hybridized carbons (Fsp3) is 0. The molecule has 2 aromatic rings. The molecule has 0 aliphatic carbocycles. The van der Waals surface area contributed by atoms with Crippen LogP contribution in [0.1, 0.15) is 10.4 Å². The Balaban J connectivity index is 2.39. The Bertz CT molecular complexity index is 745. The van der Waals surface area contributed by atoms with Gasteiger partial charge in [0.15, 0.2) is 0 Å². The molecule has 0 saturated carbocycles. The van der Waals surface area contributed by atoms with Crippen molar-refractivity contribution in [2.24, 2.45) is 0 Å². The Hall–Kier alpha value is -3.00. The van der Waals surface area contributed by atoms with Crippen LogP contribution in [0.25, 0.3) is 0 Å². The maximum Gasteiger partial charge on any atom is 0.344 e. The predicted octanol–water partition coefficient (Wildman–Crippen LogP) is 3.38. The summed E-state index contributed by atoms with van der Waals surface area (Å²) >= 11 is 5.83. The maximum absolute atomic E-state index is 12.0. The van der Waals surface area contributed by atoms with Gasteiger partial charge in [0.2, 0.25) is 0 Å². The van der Waals surface area contributed by atoms with E-state index in [2.05, 4.69) is 0 Å². The molecule has 2 aromatic carbocycles. The molecule has 0 unspecified atom stereocenters. The molecule has 0 radical (unpaired) electrons. The second-order valence-electron chi connectivity index (χ2n) is 4.07. The van der Waals surface area contributed by atoms with Crippen LogP contribution in [0.15, 0.2) is 42.5 Å². The van der Waals surface area contributed by atoms with E-state index < -0.39 is 27.2 Å². The van der Waals surface area contributed by atoms with Gasteiger partial charge in [0.25, 0.3) is 11.4 Å². The normalized spacial score (nSPS) is 10.0. The molecule has 0 aliphatic heterocycles. The number of hydrogen-bond acceptors (Lipinski definition) is 6. The zero-order valence-electron chi connectivity index (χ0n) is 10.8. The van der Waals surface area contributed by atoms with Gasteiger partial charge in [-0.05, 0) is 12.1 Å². The van der Waals surface area contributed by atoms with Gasteiger partial charge in [-0.25, -0.2) is 4.79 Å². The largest absolute Gasteiger partial charge is 0.421 e. The van der Waals surface area contributed by atoms with Gasteiger partial charge in [0.1, 0.15) is 5.75 Å². The van der Waals surface area contributed by atoms with Gasteiger partial charge in [0, 0.05) is 12.1 Å². The van der Waals surface area contributed by atoms with Crippen molar-refractivity contribution < 1.29 is 19.4 Å². The van der Waals surface area contributed by atoms with Crippen LogP contribution in [-0.4, -0.2) is 15.8 Å². The van der Waals surface area contributed by atoms with Crippen molar-refractivity contribution in [3.05, 3.63) is 73.3 Å². The first-order valence-electron chi connectivity index (χ1n) is 5.79. The lowest BCUT2D eigenvalue weighted by Crippen LogP contribution is -2.10.